The van der Waals surface area contributed by atoms with Crippen molar-refractivity contribution in [1.82, 2.24) is 0 Å². The summed E-state index contributed by atoms with van der Waals surface area (Å²) in [5.74, 6) is -1.56. The lowest BCUT2D eigenvalue weighted by molar-refractivity contribution is -0.138. The molecule has 7 heteroatoms. The molecule has 0 unspecified atom stereocenters. The predicted molar refractivity (Wildman–Crippen MR) is 46.3 cm³/mol. The molecule has 2 nitrogen and oxygen atoms in total. The van der Waals surface area contributed by atoms with Gasteiger partial charge in [-0.3, -0.25) is 4.79 Å². The molecule has 0 fully saturated rings. The summed E-state index contributed by atoms with van der Waals surface area (Å²) in [4.78, 5) is 10.7. The smallest absolute Gasteiger partial charge is 0.275 e. The Labute approximate surface area is 92.0 Å². The van der Waals surface area contributed by atoms with Crippen LogP contribution in [-0.4, -0.2) is 5.24 Å². The first-order chi connectivity index (χ1) is 7.29. The Hall–Kier alpha value is -1.61. The minimum Gasteiger partial charge on any atom is -0.275 e. The third kappa shape index (κ3) is 2.14. The van der Waals surface area contributed by atoms with Crippen LogP contribution < -0.4 is 0 Å². The van der Waals surface area contributed by atoms with Crippen molar-refractivity contribution in [3.8, 4) is 6.07 Å². The highest BCUT2D eigenvalue weighted by atomic mass is 35.5. The number of rotatable bonds is 1. The molecular formula is C9H2ClF4NO. The van der Waals surface area contributed by atoms with Crippen molar-refractivity contribution >= 4 is 16.8 Å². The fourth-order valence-electron chi connectivity index (χ4n) is 1.09. The van der Waals surface area contributed by atoms with Crippen LogP contribution in [0, 0.1) is 17.1 Å². The molecule has 1 aromatic rings. The Morgan fingerprint density at radius 3 is 2.31 bits per heavy atom. The molecule has 0 aliphatic rings. The lowest BCUT2D eigenvalue weighted by Gasteiger charge is -2.11. The van der Waals surface area contributed by atoms with Gasteiger partial charge in [-0.25, -0.2) is 4.39 Å². The maximum Gasteiger partial charge on any atom is 0.417 e. The largest absolute Gasteiger partial charge is 0.417 e. The van der Waals surface area contributed by atoms with E-state index >= 15 is 0 Å². The van der Waals surface area contributed by atoms with E-state index in [2.05, 4.69) is 0 Å². The number of halogens is 5. The van der Waals surface area contributed by atoms with Gasteiger partial charge in [-0.2, -0.15) is 18.4 Å². The standard InChI is InChI=1S/C9H2ClF4NO/c10-8(16)6-5(9(12,13)14)2-1-4(3-15)7(6)11/h1-2H. The number of nitriles is 1. The molecule has 0 aromatic heterocycles. The van der Waals surface area contributed by atoms with Gasteiger partial charge >= 0.3 is 6.18 Å². The first kappa shape index (κ1) is 12.5. The molecule has 0 bridgehead atoms. The molecule has 84 valence electrons. The maximum absolute atomic E-state index is 13.3. The Bertz CT molecular complexity index is 490. The van der Waals surface area contributed by atoms with Gasteiger partial charge in [-0.15, -0.1) is 0 Å². The van der Waals surface area contributed by atoms with Crippen LogP contribution >= 0.6 is 11.6 Å². The maximum atomic E-state index is 13.3. The van der Waals surface area contributed by atoms with Crippen molar-refractivity contribution in [2.24, 2.45) is 0 Å². The molecule has 0 radical (unpaired) electrons. The van der Waals surface area contributed by atoms with E-state index in [1.165, 1.54) is 6.07 Å². The van der Waals surface area contributed by atoms with E-state index in [0.717, 1.165) is 0 Å². The van der Waals surface area contributed by atoms with Crippen LogP contribution in [-0.2, 0) is 6.18 Å². The lowest BCUT2D eigenvalue weighted by atomic mass is 10.0. The number of alkyl halides is 3. The number of hydrogen-bond acceptors (Lipinski definition) is 2. The summed E-state index contributed by atoms with van der Waals surface area (Å²) in [6.07, 6.45) is -4.91. The van der Waals surface area contributed by atoms with E-state index in [0.29, 0.717) is 12.1 Å². The predicted octanol–water partition coefficient (Wildman–Crippen LogP) is 3.10. The molecule has 1 rings (SSSR count). The fourth-order valence-corrected chi connectivity index (χ4v) is 1.28. The summed E-state index contributed by atoms with van der Waals surface area (Å²) in [5.41, 5.74) is -3.49. The van der Waals surface area contributed by atoms with Gasteiger partial charge in [0, 0.05) is 0 Å². The van der Waals surface area contributed by atoms with Gasteiger partial charge in [0.1, 0.15) is 6.07 Å². The number of nitrogens with zero attached hydrogens (tertiary/aromatic N) is 1. The highest BCUT2D eigenvalue weighted by molar-refractivity contribution is 6.68. The van der Waals surface area contributed by atoms with Gasteiger partial charge in [-0.1, -0.05) is 0 Å². The molecular weight excluding hydrogens is 250 g/mol. The Kier molecular flexibility index (Phi) is 3.19. The highest BCUT2D eigenvalue weighted by Gasteiger charge is 2.37. The Morgan fingerprint density at radius 1 is 1.38 bits per heavy atom. The van der Waals surface area contributed by atoms with E-state index in [1.807, 2.05) is 0 Å². The van der Waals surface area contributed by atoms with Crippen molar-refractivity contribution in [3.63, 3.8) is 0 Å². The number of benzene rings is 1. The molecule has 0 saturated carbocycles. The fraction of sp³-hybridized carbons (Fsp3) is 0.111. The molecule has 0 N–H and O–H groups in total. The van der Waals surface area contributed by atoms with Crippen molar-refractivity contribution < 1.29 is 22.4 Å². The summed E-state index contributed by atoms with van der Waals surface area (Å²) in [7, 11) is 0. The van der Waals surface area contributed by atoms with Crippen molar-refractivity contribution in [2.45, 2.75) is 6.18 Å². The number of hydrogen-bond donors (Lipinski definition) is 0. The third-order valence-electron chi connectivity index (χ3n) is 1.76. The molecule has 0 aliphatic carbocycles. The first-order valence-electron chi connectivity index (χ1n) is 3.78. The quantitative estimate of drug-likeness (QED) is 0.568. The zero-order valence-corrected chi connectivity index (χ0v) is 8.16. The number of carbonyl (C=O) groups is 1. The van der Waals surface area contributed by atoms with E-state index < -0.39 is 33.9 Å². The average Bonchev–Trinajstić information content (AvgIpc) is 2.15. The topological polar surface area (TPSA) is 40.9 Å². The molecule has 0 aliphatic heterocycles. The summed E-state index contributed by atoms with van der Waals surface area (Å²) >= 11 is 4.86. The van der Waals surface area contributed by atoms with E-state index in [-0.39, 0.29) is 0 Å². The summed E-state index contributed by atoms with van der Waals surface area (Å²) in [5, 5.41) is 6.80. The van der Waals surface area contributed by atoms with Gasteiger partial charge in [0.05, 0.1) is 16.7 Å². The number of carbonyl (C=O) groups excluding carboxylic acids is 1. The van der Waals surface area contributed by atoms with Gasteiger partial charge < -0.3 is 0 Å². The van der Waals surface area contributed by atoms with E-state index in [4.69, 9.17) is 16.9 Å². The SMILES string of the molecule is N#Cc1ccc(C(F)(F)F)c(C(=O)Cl)c1F. The molecule has 0 amide bonds. The zero-order chi connectivity index (χ0) is 12.5. The second-order valence-electron chi connectivity index (χ2n) is 2.73. The second-order valence-corrected chi connectivity index (χ2v) is 3.08. The van der Waals surface area contributed by atoms with Crippen LogP contribution in [0.5, 0.6) is 0 Å². The van der Waals surface area contributed by atoms with E-state index in [9.17, 15) is 22.4 Å². The average molecular weight is 252 g/mol. The van der Waals surface area contributed by atoms with Gasteiger partial charge in [0.2, 0.25) is 0 Å². The molecule has 0 atom stereocenters. The van der Waals surface area contributed by atoms with Gasteiger partial charge in [0.25, 0.3) is 5.24 Å². The van der Waals surface area contributed by atoms with Crippen molar-refractivity contribution in [1.29, 1.82) is 5.26 Å². The zero-order valence-electron chi connectivity index (χ0n) is 7.40. The van der Waals surface area contributed by atoms with Crippen LogP contribution in [0.1, 0.15) is 21.5 Å². The minimum absolute atomic E-state index is 0.442. The van der Waals surface area contributed by atoms with Crippen LogP contribution in [0.25, 0.3) is 0 Å². The van der Waals surface area contributed by atoms with Gasteiger partial charge in [-0.05, 0) is 23.7 Å². The molecule has 0 heterocycles. The summed E-state index contributed by atoms with van der Waals surface area (Å²) in [6, 6.07) is 2.40. The van der Waals surface area contributed by atoms with Gasteiger partial charge in [0.15, 0.2) is 5.82 Å². The highest BCUT2D eigenvalue weighted by Crippen LogP contribution is 2.34. The van der Waals surface area contributed by atoms with Crippen LogP contribution in [0.2, 0.25) is 0 Å². The lowest BCUT2D eigenvalue weighted by Crippen LogP contribution is -2.13. The normalized spacial score (nSPS) is 11.0. The Morgan fingerprint density at radius 2 is 1.94 bits per heavy atom. The van der Waals surface area contributed by atoms with Crippen LogP contribution in [0.3, 0.4) is 0 Å². The second kappa shape index (κ2) is 4.10. The monoisotopic (exact) mass is 251 g/mol. The molecule has 1 aromatic carbocycles. The van der Waals surface area contributed by atoms with Crippen molar-refractivity contribution in [2.75, 3.05) is 0 Å². The van der Waals surface area contributed by atoms with Crippen LogP contribution in [0.15, 0.2) is 12.1 Å². The Balaban J connectivity index is 3.62. The van der Waals surface area contributed by atoms with Crippen molar-refractivity contribution in [3.05, 3.63) is 34.6 Å². The minimum atomic E-state index is -4.91. The molecule has 16 heavy (non-hydrogen) atoms. The molecule has 0 saturated heterocycles. The first-order valence-corrected chi connectivity index (χ1v) is 4.16. The van der Waals surface area contributed by atoms with Crippen LogP contribution in [0.4, 0.5) is 17.6 Å². The van der Waals surface area contributed by atoms with E-state index in [1.54, 1.807) is 0 Å². The summed E-state index contributed by atoms with van der Waals surface area (Å²) < 4.78 is 50.4. The molecule has 0 spiro atoms. The summed E-state index contributed by atoms with van der Waals surface area (Å²) in [6.45, 7) is 0. The third-order valence-corrected chi connectivity index (χ3v) is 1.95.